The van der Waals surface area contributed by atoms with Crippen LogP contribution in [0.15, 0.2) is 46.9 Å². The number of nitrogens with one attached hydrogen (secondary N) is 1. The highest BCUT2D eigenvalue weighted by atomic mass is 127. The van der Waals surface area contributed by atoms with Gasteiger partial charge in [-0.05, 0) is 77.4 Å². The molecule has 2 rings (SSSR count). The van der Waals surface area contributed by atoms with Gasteiger partial charge in [0.05, 0.1) is 0 Å². The van der Waals surface area contributed by atoms with Crippen molar-refractivity contribution in [2.45, 2.75) is 25.8 Å². The molecule has 0 amide bonds. The van der Waals surface area contributed by atoms with E-state index in [1.165, 1.54) is 14.7 Å². The highest BCUT2D eigenvalue weighted by Gasteiger charge is 2.15. The molecule has 0 saturated carbocycles. The van der Waals surface area contributed by atoms with Gasteiger partial charge >= 0.3 is 0 Å². The maximum Gasteiger partial charge on any atom is 0.0417 e. The number of benzene rings is 2. The van der Waals surface area contributed by atoms with Crippen molar-refractivity contribution >= 4 is 50.1 Å². The molecule has 0 aromatic heterocycles. The third-order valence-corrected chi connectivity index (χ3v) is 4.97. The van der Waals surface area contributed by atoms with E-state index in [-0.39, 0.29) is 6.04 Å². The van der Waals surface area contributed by atoms with E-state index in [1.807, 2.05) is 12.1 Å². The quantitative estimate of drug-likeness (QED) is 0.503. The Morgan fingerprint density at radius 2 is 1.90 bits per heavy atom. The Morgan fingerprint density at radius 3 is 2.52 bits per heavy atom. The van der Waals surface area contributed by atoms with E-state index in [2.05, 4.69) is 81.1 Å². The molecule has 2 aromatic rings. The van der Waals surface area contributed by atoms with E-state index >= 15 is 0 Å². The van der Waals surface area contributed by atoms with Crippen LogP contribution in [0.5, 0.6) is 0 Å². The molecule has 0 radical (unpaired) electrons. The zero-order chi connectivity index (χ0) is 15.2. The van der Waals surface area contributed by atoms with Gasteiger partial charge in [-0.3, -0.25) is 0 Å². The summed E-state index contributed by atoms with van der Waals surface area (Å²) in [5.41, 5.74) is 2.59. The average Bonchev–Trinajstić information content (AvgIpc) is 2.46. The molecule has 1 N–H and O–H groups in total. The summed E-state index contributed by atoms with van der Waals surface area (Å²) in [6.45, 7) is 3.19. The van der Waals surface area contributed by atoms with Gasteiger partial charge in [-0.15, -0.1) is 0 Å². The third-order valence-electron chi connectivity index (χ3n) is 3.33. The zero-order valence-corrected chi connectivity index (χ0v) is 16.4. The second kappa shape index (κ2) is 8.51. The van der Waals surface area contributed by atoms with Crippen molar-refractivity contribution in [3.05, 3.63) is 66.7 Å². The Morgan fingerprint density at radius 1 is 1.19 bits per heavy atom. The molecule has 0 aliphatic rings. The number of rotatable bonds is 6. The first-order valence-electron chi connectivity index (χ1n) is 7.03. The zero-order valence-electron chi connectivity index (χ0n) is 11.9. The smallest absolute Gasteiger partial charge is 0.0417 e. The van der Waals surface area contributed by atoms with E-state index in [1.54, 1.807) is 0 Å². The van der Waals surface area contributed by atoms with Crippen molar-refractivity contribution in [2.75, 3.05) is 6.54 Å². The summed E-state index contributed by atoms with van der Waals surface area (Å²) < 4.78 is 2.33. The van der Waals surface area contributed by atoms with Gasteiger partial charge in [0.15, 0.2) is 0 Å². The van der Waals surface area contributed by atoms with Gasteiger partial charge in [0.2, 0.25) is 0 Å². The Bertz CT molecular complexity index is 586. The minimum atomic E-state index is 0.289. The van der Waals surface area contributed by atoms with Gasteiger partial charge in [-0.1, -0.05) is 52.7 Å². The van der Waals surface area contributed by atoms with Gasteiger partial charge in [-0.25, -0.2) is 0 Å². The first kappa shape index (κ1) is 17.3. The Balaban J connectivity index is 2.22. The molecule has 0 aliphatic carbocycles. The topological polar surface area (TPSA) is 12.0 Å². The standard InChI is InChI=1S/C17H18BrClIN/c1-2-9-21-17(10-12-3-6-14(20)7-4-12)15-8-5-13(19)11-16(15)18/h3-8,11,17,21H,2,9-10H2,1H3. The summed E-state index contributed by atoms with van der Waals surface area (Å²) >= 11 is 12.0. The minimum absolute atomic E-state index is 0.289. The van der Waals surface area contributed by atoms with Crippen LogP contribution >= 0.6 is 50.1 Å². The molecule has 0 heterocycles. The minimum Gasteiger partial charge on any atom is -0.310 e. The largest absolute Gasteiger partial charge is 0.310 e. The average molecular weight is 479 g/mol. The van der Waals surface area contributed by atoms with Crippen LogP contribution in [0.4, 0.5) is 0 Å². The summed E-state index contributed by atoms with van der Waals surface area (Å²) in [6.07, 6.45) is 2.09. The predicted molar refractivity (Wildman–Crippen MR) is 103 cm³/mol. The molecule has 0 bridgehead atoms. The third kappa shape index (κ3) is 5.23. The second-order valence-corrected chi connectivity index (χ2v) is 7.54. The van der Waals surface area contributed by atoms with Crippen molar-refractivity contribution in [1.29, 1.82) is 0 Å². The molecule has 0 fully saturated rings. The normalized spacial score (nSPS) is 12.4. The molecule has 2 aromatic carbocycles. The lowest BCUT2D eigenvalue weighted by Crippen LogP contribution is -2.24. The monoisotopic (exact) mass is 477 g/mol. The summed E-state index contributed by atoms with van der Waals surface area (Å²) in [4.78, 5) is 0. The summed E-state index contributed by atoms with van der Waals surface area (Å²) in [7, 11) is 0. The SMILES string of the molecule is CCCNC(Cc1ccc(I)cc1)c1ccc(Cl)cc1Br. The van der Waals surface area contributed by atoms with Crippen molar-refractivity contribution in [2.24, 2.45) is 0 Å². The van der Waals surface area contributed by atoms with E-state index in [0.29, 0.717) is 0 Å². The first-order valence-corrected chi connectivity index (χ1v) is 9.28. The number of hydrogen-bond donors (Lipinski definition) is 1. The van der Waals surface area contributed by atoms with E-state index in [9.17, 15) is 0 Å². The van der Waals surface area contributed by atoms with Gasteiger partial charge in [-0.2, -0.15) is 0 Å². The summed E-state index contributed by atoms with van der Waals surface area (Å²) in [6, 6.07) is 15.0. The van der Waals surface area contributed by atoms with Crippen LogP contribution in [0.3, 0.4) is 0 Å². The lowest BCUT2D eigenvalue weighted by Gasteiger charge is -2.21. The molecule has 1 atom stereocenters. The van der Waals surface area contributed by atoms with Crippen LogP contribution in [0.25, 0.3) is 0 Å². The number of hydrogen-bond acceptors (Lipinski definition) is 1. The van der Waals surface area contributed by atoms with Crippen LogP contribution in [-0.2, 0) is 6.42 Å². The fourth-order valence-corrected chi connectivity index (χ4v) is 3.57. The summed E-state index contributed by atoms with van der Waals surface area (Å²) in [5.74, 6) is 0. The maximum absolute atomic E-state index is 6.05. The fraction of sp³-hybridized carbons (Fsp3) is 0.294. The van der Waals surface area contributed by atoms with Crippen LogP contribution < -0.4 is 5.32 Å². The summed E-state index contributed by atoms with van der Waals surface area (Å²) in [5, 5.41) is 4.39. The molecule has 112 valence electrons. The Hall–Kier alpha value is -0.100. The Labute approximate surface area is 153 Å². The lowest BCUT2D eigenvalue weighted by molar-refractivity contribution is 0.527. The molecule has 0 aliphatic heterocycles. The molecule has 4 heteroatoms. The van der Waals surface area contributed by atoms with Crippen LogP contribution in [0.1, 0.15) is 30.5 Å². The highest BCUT2D eigenvalue weighted by Crippen LogP contribution is 2.29. The molecule has 0 saturated heterocycles. The van der Waals surface area contributed by atoms with E-state index in [4.69, 9.17) is 11.6 Å². The Kier molecular flexibility index (Phi) is 6.99. The predicted octanol–water partition coefficient (Wildman–Crippen LogP) is 5.99. The van der Waals surface area contributed by atoms with Crippen molar-refractivity contribution in [3.8, 4) is 0 Å². The van der Waals surface area contributed by atoms with Crippen LogP contribution in [0.2, 0.25) is 5.02 Å². The molecular weight excluding hydrogens is 460 g/mol. The lowest BCUT2D eigenvalue weighted by atomic mass is 9.99. The fourth-order valence-electron chi connectivity index (χ4n) is 2.25. The van der Waals surface area contributed by atoms with Crippen LogP contribution in [0, 0.1) is 3.57 Å². The van der Waals surface area contributed by atoms with Gasteiger partial charge < -0.3 is 5.32 Å². The van der Waals surface area contributed by atoms with E-state index < -0.39 is 0 Å². The van der Waals surface area contributed by atoms with Gasteiger partial charge in [0.1, 0.15) is 0 Å². The van der Waals surface area contributed by atoms with Gasteiger partial charge in [0.25, 0.3) is 0 Å². The first-order chi connectivity index (χ1) is 10.1. The van der Waals surface area contributed by atoms with Crippen molar-refractivity contribution in [1.82, 2.24) is 5.32 Å². The molecular formula is C17H18BrClIN. The van der Waals surface area contributed by atoms with Crippen molar-refractivity contribution in [3.63, 3.8) is 0 Å². The second-order valence-electron chi connectivity index (χ2n) is 5.00. The molecule has 1 unspecified atom stereocenters. The van der Waals surface area contributed by atoms with Crippen molar-refractivity contribution < 1.29 is 0 Å². The maximum atomic E-state index is 6.05. The molecule has 1 nitrogen and oxygen atoms in total. The van der Waals surface area contributed by atoms with E-state index in [0.717, 1.165) is 28.9 Å². The molecule has 21 heavy (non-hydrogen) atoms. The van der Waals surface area contributed by atoms with Gasteiger partial charge in [0, 0.05) is 19.1 Å². The highest BCUT2D eigenvalue weighted by molar-refractivity contribution is 14.1. The molecule has 0 spiro atoms. The van der Waals surface area contributed by atoms with Crippen LogP contribution in [-0.4, -0.2) is 6.54 Å². The number of halogens is 3.